The van der Waals surface area contributed by atoms with Crippen LogP contribution in [0.25, 0.3) is 31.3 Å². The molecule has 6 aromatic rings. The van der Waals surface area contributed by atoms with Crippen molar-refractivity contribution in [2.24, 2.45) is 0 Å². The first-order valence-corrected chi connectivity index (χ1v) is 22.0. The summed E-state index contributed by atoms with van der Waals surface area (Å²) in [5.74, 6) is 0.900. The zero-order valence-corrected chi connectivity index (χ0v) is 38.0. The minimum Gasteiger partial charge on any atom is -0.264 e. The van der Waals surface area contributed by atoms with E-state index in [1.54, 1.807) is 0 Å². The van der Waals surface area contributed by atoms with E-state index in [9.17, 15) is 0 Å². The molecule has 0 radical (unpaired) electrons. The van der Waals surface area contributed by atoms with Crippen LogP contribution in [-0.4, -0.2) is 4.98 Å². The number of fused-ring (bicyclic) bond motifs is 6. The summed E-state index contributed by atoms with van der Waals surface area (Å²) in [5.41, 5.74) is 15.9. The molecule has 2 aromatic heterocycles. The Morgan fingerprint density at radius 2 is 1.36 bits per heavy atom. The molecule has 0 spiro atoms. The molecule has 0 bridgehead atoms. The Balaban J connectivity index is 1.18. The molecule has 0 fully saturated rings. The molecule has 0 saturated carbocycles. The van der Waals surface area contributed by atoms with E-state index in [4.69, 9.17) is 4.98 Å². The predicted molar refractivity (Wildman–Crippen MR) is 246 cm³/mol. The maximum atomic E-state index is 4.69. The Morgan fingerprint density at radius 3 is 2.04 bits per heavy atom. The molecule has 1 unspecified atom stereocenters. The molecular formula is C54H67NS. The van der Waals surface area contributed by atoms with Crippen LogP contribution in [0.3, 0.4) is 0 Å². The fourth-order valence-corrected chi connectivity index (χ4v) is 10.7. The summed E-state index contributed by atoms with van der Waals surface area (Å²) in [6.07, 6.45) is 7.37. The van der Waals surface area contributed by atoms with Crippen LogP contribution in [0, 0.1) is 0 Å². The summed E-state index contributed by atoms with van der Waals surface area (Å²) in [6.45, 7) is 35.8. The average molecular weight is 762 g/mol. The molecule has 0 amide bonds. The molecule has 1 aliphatic rings. The Labute approximate surface area is 343 Å². The van der Waals surface area contributed by atoms with E-state index in [0.29, 0.717) is 11.8 Å². The van der Waals surface area contributed by atoms with E-state index in [-0.39, 0.29) is 27.1 Å². The summed E-state index contributed by atoms with van der Waals surface area (Å²) in [4.78, 5) is 4.69. The predicted octanol–water partition coefficient (Wildman–Crippen LogP) is 15.9. The summed E-state index contributed by atoms with van der Waals surface area (Å²) in [6, 6.07) is 28.9. The van der Waals surface area contributed by atoms with Gasteiger partial charge in [0.2, 0.25) is 0 Å². The first-order valence-electron chi connectivity index (χ1n) is 21.2. The molecule has 2 heteroatoms. The van der Waals surface area contributed by atoms with Gasteiger partial charge < -0.3 is 0 Å². The van der Waals surface area contributed by atoms with Gasteiger partial charge in [-0.1, -0.05) is 165 Å². The van der Waals surface area contributed by atoms with Gasteiger partial charge in [0, 0.05) is 38.0 Å². The van der Waals surface area contributed by atoms with Gasteiger partial charge in [-0.05, 0) is 126 Å². The van der Waals surface area contributed by atoms with Crippen molar-refractivity contribution in [2.45, 2.75) is 162 Å². The SMILES string of the molecule is CC(C)c1cc(C(C)(C)CCC(C)c2cc(C(C)(C)C)c3sc4ccccc4c3c2)cc2c1-c1ccc(CC(C)(C)c3cncc(C(C)(C)C)c3)cc1C2(C)C. The molecule has 1 atom stereocenters. The zero-order chi connectivity index (χ0) is 40.7. The van der Waals surface area contributed by atoms with Crippen LogP contribution in [0.15, 0.2) is 85.2 Å². The molecule has 1 aliphatic carbocycles. The van der Waals surface area contributed by atoms with Crippen LogP contribution in [0.2, 0.25) is 0 Å². The lowest BCUT2D eigenvalue weighted by atomic mass is 9.73. The van der Waals surface area contributed by atoms with Crippen molar-refractivity contribution >= 4 is 31.5 Å². The minimum absolute atomic E-state index is 0.0346. The number of hydrogen-bond acceptors (Lipinski definition) is 2. The van der Waals surface area contributed by atoms with Crippen LogP contribution >= 0.6 is 11.3 Å². The largest absolute Gasteiger partial charge is 0.264 e. The van der Waals surface area contributed by atoms with Gasteiger partial charge in [-0.15, -0.1) is 11.3 Å². The summed E-state index contributed by atoms with van der Waals surface area (Å²) in [7, 11) is 0. The normalized spacial score (nSPS) is 15.1. The number of nitrogens with zero attached hydrogens (tertiary/aromatic N) is 1. The number of benzene rings is 4. The molecule has 0 aliphatic heterocycles. The summed E-state index contributed by atoms with van der Waals surface area (Å²) in [5, 5.41) is 2.83. The van der Waals surface area contributed by atoms with E-state index in [0.717, 1.165) is 19.3 Å². The zero-order valence-electron chi connectivity index (χ0n) is 37.2. The molecule has 0 N–H and O–H groups in total. The number of aromatic nitrogens is 1. The Hall–Kier alpha value is -3.75. The highest BCUT2D eigenvalue weighted by Gasteiger charge is 2.39. The van der Waals surface area contributed by atoms with Crippen LogP contribution in [-0.2, 0) is 33.5 Å². The van der Waals surface area contributed by atoms with Crippen molar-refractivity contribution in [3.05, 3.63) is 135 Å². The van der Waals surface area contributed by atoms with Gasteiger partial charge in [0.05, 0.1) is 0 Å². The lowest BCUT2D eigenvalue weighted by molar-refractivity contribution is 0.438. The van der Waals surface area contributed by atoms with Gasteiger partial charge in [0.25, 0.3) is 0 Å². The molecule has 56 heavy (non-hydrogen) atoms. The third-order valence-electron chi connectivity index (χ3n) is 13.4. The Bertz CT molecular complexity index is 2430. The second-order valence-electron chi connectivity index (χ2n) is 21.5. The maximum Gasteiger partial charge on any atom is 0.0392 e. The van der Waals surface area contributed by atoms with Crippen molar-refractivity contribution in [3.63, 3.8) is 0 Å². The smallest absolute Gasteiger partial charge is 0.0392 e. The maximum absolute atomic E-state index is 4.69. The van der Waals surface area contributed by atoms with Crippen LogP contribution < -0.4 is 0 Å². The quantitative estimate of drug-likeness (QED) is 0.143. The summed E-state index contributed by atoms with van der Waals surface area (Å²) >= 11 is 1.96. The van der Waals surface area contributed by atoms with Crippen LogP contribution in [0.5, 0.6) is 0 Å². The fourth-order valence-electron chi connectivity index (χ4n) is 9.30. The average Bonchev–Trinajstić information content (AvgIpc) is 3.60. The van der Waals surface area contributed by atoms with Gasteiger partial charge in [0.1, 0.15) is 0 Å². The summed E-state index contributed by atoms with van der Waals surface area (Å²) < 4.78 is 2.85. The Kier molecular flexibility index (Phi) is 10.1. The van der Waals surface area contributed by atoms with Gasteiger partial charge in [-0.25, -0.2) is 0 Å². The fraction of sp³-hybridized carbons (Fsp3) is 0.463. The first-order chi connectivity index (χ1) is 26.0. The number of thiophene rings is 1. The second-order valence-corrected chi connectivity index (χ2v) is 22.6. The number of pyridine rings is 1. The van der Waals surface area contributed by atoms with E-state index >= 15 is 0 Å². The van der Waals surface area contributed by atoms with Gasteiger partial charge in [0.15, 0.2) is 0 Å². The number of rotatable bonds is 9. The van der Waals surface area contributed by atoms with E-state index in [1.807, 2.05) is 17.5 Å². The van der Waals surface area contributed by atoms with Crippen molar-refractivity contribution in [3.8, 4) is 11.1 Å². The first kappa shape index (κ1) is 40.4. The van der Waals surface area contributed by atoms with Gasteiger partial charge in [-0.3, -0.25) is 4.98 Å². The monoisotopic (exact) mass is 761 g/mol. The van der Waals surface area contributed by atoms with E-state index in [1.165, 1.54) is 81.4 Å². The minimum atomic E-state index is -0.0797. The molecule has 2 heterocycles. The van der Waals surface area contributed by atoms with E-state index in [2.05, 4.69) is 183 Å². The van der Waals surface area contributed by atoms with Crippen molar-refractivity contribution in [1.82, 2.24) is 4.98 Å². The second kappa shape index (κ2) is 14.0. The topological polar surface area (TPSA) is 12.9 Å². The molecule has 0 saturated heterocycles. The van der Waals surface area contributed by atoms with Crippen molar-refractivity contribution in [2.75, 3.05) is 0 Å². The van der Waals surface area contributed by atoms with Gasteiger partial charge in [-0.2, -0.15) is 0 Å². The highest BCUT2D eigenvalue weighted by Crippen LogP contribution is 2.53. The standard InChI is InChI=1S/C54H67NS/c1-33(2)42-28-37(52(10,11)23-22-34(3)36-25-43-40-18-16-17-19-47(40)56-49(43)46(26-36)51(7,8)9)29-45-48(42)41-21-20-35(24-44(41)54(45,14)15)30-53(12,13)39-27-38(31-55-32-39)50(4,5)6/h16-21,24-29,31-34H,22-23,30H2,1-15H3. The lowest BCUT2D eigenvalue weighted by Crippen LogP contribution is -2.23. The Morgan fingerprint density at radius 1 is 0.661 bits per heavy atom. The molecule has 7 rings (SSSR count). The lowest BCUT2D eigenvalue weighted by Gasteiger charge is -2.31. The van der Waals surface area contributed by atoms with Crippen LogP contribution in [0.4, 0.5) is 0 Å². The number of hydrogen-bond donors (Lipinski definition) is 0. The van der Waals surface area contributed by atoms with Gasteiger partial charge >= 0.3 is 0 Å². The third-order valence-corrected chi connectivity index (χ3v) is 14.6. The highest BCUT2D eigenvalue weighted by molar-refractivity contribution is 7.26. The van der Waals surface area contributed by atoms with Crippen molar-refractivity contribution in [1.29, 1.82) is 0 Å². The third kappa shape index (κ3) is 7.30. The molecule has 1 nitrogen and oxygen atoms in total. The molecule has 294 valence electrons. The van der Waals surface area contributed by atoms with Crippen LogP contribution in [0.1, 0.15) is 179 Å². The highest BCUT2D eigenvalue weighted by atomic mass is 32.1. The molecular weight excluding hydrogens is 695 g/mol. The van der Waals surface area contributed by atoms with Crippen molar-refractivity contribution < 1.29 is 0 Å². The molecule has 4 aromatic carbocycles. The van der Waals surface area contributed by atoms with E-state index < -0.39 is 0 Å².